The highest BCUT2D eigenvalue weighted by Crippen LogP contribution is 2.35. The molecule has 4 rings (SSSR count). The summed E-state index contributed by atoms with van der Waals surface area (Å²) in [5.74, 6) is -0.679. The van der Waals surface area contributed by atoms with Crippen LogP contribution in [0.15, 0.2) is 48.7 Å². The molecule has 2 aliphatic heterocycles. The Bertz CT molecular complexity index is 955. The zero-order chi connectivity index (χ0) is 22.0. The quantitative estimate of drug-likeness (QED) is 0.703. The number of piperidine rings is 1. The van der Waals surface area contributed by atoms with Crippen molar-refractivity contribution in [2.24, 2.45) is 0 Å². The molecule has 8 heteroatoms. The molecule has 162 valence electrons. The zero-order valence-corrected chi connectivity index (χ0v) is 17.6. The fraction of sp³-hybridized carbons (Fsp3) is 0.391. The van der Waals surface area contributed by atoms with Crippen LogP contribution in [0.25, 0.3) is 0 Å². The van der Waals surface area contributed by atoms with E-state index in [2.05, 4.69) is 9.72 Å². The van der Waals surface area contributed by atoms with Crippen molar-refractivity contribution in [1.29, 1.82) is 0 Å². The summed E-state index contributed by atoms with van der Waals surface area (Å²) >= 11 is 0. The predicted octanol–water partition coefficient (Wildman–Crippen LogP) is 3.05. The van der Waals surface area contributed by atoms with Crippen LogP contribution in [0.5, 0.6) is 0 Å². The molecule has 0 N–H and O–H groups in total. The number of carbonyl (C=O) groups is 3. The van der Waals surface area contributed by atoms with Gasteiger partial charge in [-0.15, -0.1) is 0 Å². The van der Waals surface area contributed by atoms with Crippen LogP contribution in [0, 0.1) is 0 Å². The van der Waals surface area contributed by atoms with Crippen molar-refractivity contribution < 1.29 is 23.9 Å². The molecule has 3 heterocycles. The van der Waals surface area contributed by atoms with E-state index in [9.17, 15) is 14.4 Å². The molecule has 8 nitrogen and oxygen atoms in total. The van der Waals surface area contributed by atoms with Gasteiger partial charge in [0.2, 0.25) is 0 Å². The standard InChI is InChI=1S/C23H25N3O5/c1-15-20(16-6-4-3-5-7-16)31-23(29)26(15)18-10-12-25(13-11-18)21(27)19-9-8-17(14-24-19)22(28)30-2/h3-9,14-15,18,20H,10-13H2,1-2H3. The third kappa shape index (κ3) is 4.10. The van der Waals surface area contributed by atoms with Crippen molar-refractivity contribution in [3.63, 3.8) is 0 Å². The highest BCUT2D eigenvalue weighted by atomic mass is 16.6. The molecule has 0 radical (unpaired) electrons. The molecule has 2 atom stereocenters. The maximum atomic E-state index is 12.8. The van der Waals surface area contributed by atoms with Gasteiger partial charge in [0.25, 0.3) is 5.91 Å². The van der Waals surface area contributed by atoms with Gasteiger partial charge in [0.1, 0.15) is 11.8 Å². The second-order valence-electron chi connectivity index (χ2n) is 7.81. The lowest BCUT2D eigenvalue weighted by atomic mass is 9.98. The Morgan fingerprint density at radius 1 is 1.10 bits per heavy atom. The lowest BCUT2D eigenvalue weighted by molar-refractivity contribution is 0.0594. The number of hydrogen-bond acceptors (Lipinski definition) is 6. The Balaban J connectivity index is 1.37. The zero-order valence-electron chi connectivity index (χ0n) is 17.6. The number of cyclic esters (lactones) is 1. The number of likely N-dealkylation sites (tertiary alicyclic amines) is 1. The topological polar surface area (TPSA) is 89.0 Å². The molecule has 0 aliphatic carbocycles. The smallest absolute Gasteiger partial charge is 0.411 e. The van der Waals surface area contributed by atoms with E-state index in [1.165, 1.54) is 25.4 Å². The highest BCUT2D eigenvalue weighted by Gasteiger charge is 2.44. The average molecular weight is 423 g/mol. The third-order valence-corrected chi connectivity index (χ3v) is 5.99. The number of rotatable bonds is 4. The van der Waals surface area contributed by atoms with Crippen molar-refractivity contribution in [1.82, 2.24) is 14.8 Å². The maximum Gasteiger partial charge on any atom is 0.411 e. The number of aromatic nitrogens is 1. The molecule has 31 heavy (non-hydrogen) atoms. The van der Waals surface area contributed by atoms with Crippen molar-refractivity contribution in [2.75, 3.05) is 20.2 Å². The maximum absolute atomic E-state index is 12.8. The number of benzene rings is 1. The normalized spacial score (nSPS) is 21.7. The minimum Gasteiger partial charge on any atom is -0.465 e. The van der Waals surface area contributed by atoms with Gasteiger partial charge in [-0.2, -0.15) is 0 Å². The van der Waals surface area contributed by atoms with E-state index < -0.39 is 5.97 Å². The van der Waals surface area contributed by atoms with E-state index in [-0.39, 0.29) is 35.9 Å². The molecule has 0 spiro atoms. The Kier molecular flexibility index (Phi) is 5.88. The van der Waals surface area contributed by atoms with E-state index in [0.717, 1.165) is 5.56 Å². The lowest BCUT2D eigenvalue weighted by Gasteiger charge is -2.37. The molecule has 1 aromatic carbocycles. The van der Waals surface area contributed by atoms with Crippen molar-refractivity contribution >= 4 is 18.0 Å². The molecular formula is C23H25N3O5. The number of nitrogens with zero attached hydrogens (tertiary/aromatic N) is 3. The van der Waals surface area contributed by atoms with Crippen molar-refractivity contribution in [3.05, 3.63) is 65.5 Å². The number of esters is 1. The van der Waals surface area contributed by atoms with Gasteiger partial charge < -0.3 is 14.4 Å². The van der Waals surface area contributed by atoms with Crippen molar-refractivity contribution in [3.8, 4) is 0 Å². The van der Waals surface area contributed by atoms with Crippen LogP contribution >= 0.6 is 0 Å². The molecule has 2 fully saturated rings. The van der Waals surface area contributed by atoms with Gasteiger partial charge in [0, 0.05) is 25.3 Å². The Morgan fingerprint density at radius 3 is 2.42 bits per heavy atom. The summed E-state index contributed by atoms with van der Waals surface area (Å²) in [4.78, 5) is 44.6. The SMILES string of the molecule is COC(=O)c1ccc(C(=O)N2CCC(N3C(=O)OC(c4ccccc4)C3C)CC2)nc1. The molecule has 2 aromatic rings. The van der Waals surface area contributed by atoms with Gasteiger partial charge in [-0.3, -0.25) is 14.7 Å². The Morgan fingerprint density at radius 2 is 1.81 bits per heavy atom. The minimum absolute atomic E-state index is 0.0231. The number of amides is 2. The summed E-state index contributed by atoms with van der Waals surface area (Å²) in [5.41, 5.74) is 1.57. The number of carbonyl (C=O) groups excluding carboxylic acids is 3. The van der Waals surface area contributed by atoms with E-state index in [1.807, 2.05) is 42.2 Å². The van der Waals surface area contributed by atoms with Gasteiger partial charge >= 0.3 is 12.1 Å². The fourth-order valence-electron chi connectivity index (χ4n) is 4.32. The van der Waals surface area contributed by atoms with Crippen LogP contribution in [0.1, 0.15) is 52.3 Å². The number of pyridine rings is 1. The summed E-state index contributed by atoms with van der Waals surface area (Å²) in [6.07, 6.45) is 2.11. The van der Waals surface area contributed by atoms with Crippen LogP contribution < -0.4 is 0 Å². The van der Waals surface area contributed by atoms with Gasteiger partial charge in [0.05, 0.1) is 18.7 Å². The van der Waals surface area contributed by atoms with E-state index in [4.69, 9.17) is 4.74 Å². The van der Waals surface area contributed by atoms with E-state index in [1.54, 1.807) is 4.90 Å². The van der Waals surface area contributed by atoms with Crippen LogP contribution in [-0.4, -0.2) is 65.0 Å². The average Bonchev–Trinajstić information content (AvgIpc) is 3.12. The predicted molar refractivity (Wildman–Crippen MR) is 111 cm³/mol. The number of hydrogen-bond donors (Lipinski definition) is 0. The molecule has 0 saturated carbocycles. The number of methoxy groups -OCH3 is 1. The largest absolute Gasteiger partial charge is 0.465 e. The third-order valence-electron chi connectivity index (χ3n) is 5.99. The first kappa shape index (κ1) is 20.8. The molecule has 0 bridgehead atoms. The van der Waals surface area contributed by atoms with Crippen LogP contribution in [0.4, 0.5) is 4.79 Å². The number of ether oxygens (including phenoxy) is 2. The molecule has 2 aliphatic rings. The van der Waals surface area contributed by atoms with Gasteiger partial charge in [-0.25, -0.2) is 9.59 Å². The second kappa shape index (κ2) is 8.75. The Hall–Kier alpha value is -3.42. The lowest BCUT2D eigenvalue weighted by Crippen LogP contribution is -2.49. The summed E-state index contributed by atoms with van der Waals surface area (Å²) in [5, 5.41) is 0. The van der Waals surface area contributed by atoms with Crippen LogP contribution in [-0.2, 0) is 9.47 Å². The van der Waals surface area contributed by atoms with Crippen molar-refractivity contribution in [2.45, 2.75) is 38.0 Å². The van der Waals surface area contributed by atoms with Crippen LogP contribution in [0.2, 0.25) is 0 Å². The monoisotopic (exact) mass is 423 g/mol. The summed E-state index contributed by atoms with van der Waals surface area (Å²) in [6, 6.07) is 12.8. The summed E-state index contributed by atoms with van der Waals surface area (Å²) in [6.45, 7) is 3.06. The first-order valence-corrected chi connectivity index (χ1v) is 10.4. The molecule has 1 aromatic heterocycles. The molecule has 2 saturated heterocycles. The van der Waals surface area contributed by atoms with E-state index in [0.29, 0.717) is 31.5 Å². The first-order valence-electron chi connectivity index (χ1n) is 10.4. The van der Waals surface area contributed by atoms with E-state index >= 15 is 0 Å². The second-order valence-corrected chi connectivity index (χ2v) is 7.81. The fourth-order valence-corrected chi connectivity index (χ4v) is 4.32. The molecule has 2 amide bonds. The highest BCUT2D eigenvalue weighted by molar-refractivity contribution is 5.94. The Labute approximate surface area is 180 Å². The van der Waals surface area contributed by atoms with Gasteiger partial charge in [-0.05, 0) is 37.5 Å². The summed E-state index contributed by atoms with van der Waals surface area (Å²) in [7, 11) is 1.30. The van der Waals surface area contributed by atoms with Crippen LogP contribution in [0.3, 0.4) is 0 Å². The molecule has 2 unspecified atom stereocenters. The minimum atomic E-state index is -0.493. The van der Waals surface area contributed by atoms with Gasteiger partial charge in [0.15, 0.2) is 0 Å². The molecular weight excluding hydrogens is 398 g/mol. The summed E-state index contributed by atoms with van der Waals surface area (Å²) < 4.78 is 10.3. The first-order chi connectivity index (χ1) is 15.0. The van der Waals surface area contributed by atoms with Gasteiger partial charge in [-0.1, -0.05) is 30.3 Å².